The molecule has 164 valence electrons. The molecule has 0 saturated heterocycles. The summed E-state index contributed by atoms with van der Waals surface area (Å²) in [5.74, 6) is -3.24. The van der Waals surface area contributed by atoms with E-state index in [1.807, 2.05) is 42.6 Å². The van der Waals surface area contributed by atoms with Gasteiger partial charge in [-0.1, -0.05) is 24.3 Å². The summed E-state index contributed by atoms with van der Waals surface area (Å²) < 4.78 is 29.4. The highest BCUT2D eigenvalue weighted by atomic mass is 19.2. The molecule has 0 unspecified atom stereocenters. The summed E-state index contributed by atoms with van der Waals surface area (Å²) in [4.78, 5) is 27.5. The maximum Gasteiger partial charge on any atom is 0.258 e. The van der Waals surface area contributed by atoms with E-state index in [-0.39, 0.29) is 11.5 Å². The van der Waals surface area contributed by atoms with E-state index >= 15 is 0 Å². The molecule has 1 N–H and O–H groups in total. The highest BCUT2D eigenvalue weighted by molar-refractivity contribution is 6.07. The second-order valence-electron chi connectivity index (χ2n) is 7.78. The van der Waals surface area contributed by atoms with Gasteiger partial charge in [0.2, 0.25) is 0 Å². The minimum absolute atomic E-state index is 0.175. The van der Waals surface area contributed by atoms with Gasteiger partial charge in [0.15, 0.2) is 11.6 Å². The molecule has 1 aliphatic heterocycles. The van der Waals surface area contributed by atoms with Gasteiger partial charge in [-0.2, -0.15) is 0 Å². The van der Waals surface area contributed by atoms with E-state index in [1.54, 1.807) is 29.2 Å². The number of benzene rings is 3. The minimum Gasteiger partial charge on any atom is -0.345 e. The monoisotopic (exact) mass is 443 g/mol. The summed E-state index contributed by atoms with van der Waals surface area (Å²) in [5, 5.41) is 2.53. The van der Waals surface area contributed by atoms with Crippen LogP contribution >= 0.6 is 0 Å². The van der Waals surface area contributed by atoms with Gasteiger partial charge in [-0.3, -0.25) is 9.59 Å². The Hall–Kier alpha value is -4.26. The fourth-order valence-electron chi connectivity index (χ4n) is 4.00. The summed E-state index contributed by atoms with van der Waals surface area (Å²) in [7, 11) is 0. The van der Waals surface area contributed by atoms with Gasteiger partial charge < -0.3 is 14.8 Å². The molecule has 4 aromatic rings. The summed E-state index contributed by atoms with van der Waals surface area (Å²) in [6, 6.07) is 21.5. The van der Waals surface area contributed by atoms with Crippen LogP contribution in [0.4, 0.5) is 20.2 Å². The van der Waals surface area contributed by atoms with Crippen LogP contribution in [0.5, 0.6) is 0 Å². The lowest BCUT2D eigenvalue weighted by Crippen LogP contribution is -2.30. The van der Waals surface area contributed by atoms with Gasteiger partial charge in [0, 0.05) is 35.4 Å². The predicted molar refractivity (Wildman–Crippen MR) is 121 cm³/mol. The van der Waals surface area contributed by atoms with Crippen molar-refractivity contribution in [2.75, 3.05) is 10.2 Å². The molecule has 0 spiro atoms. The van der Waals surface area contributed by atoms with E-state index < -0.39 is 17.5 Å². The Balaban J connectivity index is 1.39. The van der Waals surface area contributed by atoms with E-state index in [4.69, 9.17) is 0 Å². The maximum atomic E-state index is 13.9. The Labute approximate surface area is 188 Å². The molecule has 0 atom stereocenters. The Bertz CT molecular complexity index is 1360. The molecular weight excluding hydrogens is 424 g/mol. The molecule has 1 aromatic heterocycles. The maximum absolute atomic E-state index is 13.9. The molecule has 7 heteroatoms. The van der Waals surface area contributed by atoms with Crippen molar-refractivity contribution in [2.24, 2.45) is 0 Å². The molecule has 0 aliphatic carbocycles. The second-order valence-corrected chi connectivity index (χ2v) is 7.78. The lowest BCUT2D eigenvalue weighted by Gasteiger charge is -2.23. The van der Waals surface area contributed by atoms with Gasteiger partial charge in [-0.05, 0) is 60.2 Å². The average molecular weight is 443 g/mol. The van der Waals surface area contributed by atoms with E-state index in [0.29, 0.717) is 24.3 Å². The first-order valence-corrected chi connectivity index (χ1v) is 10.4. The summed E-state index contributed by atoms with van der Waals surface area (Å²) in [5.41, 5.74) is 3.34. The minimum atomic E-state index is -1.20. The molecule has 3 aromatic carbocycles. The Kier molecular flexibility index (Phi) is 5.22. The Morgan fingerprint density at radius 1 is 0.818 bits per heavy atom. The number of amides is 2. The molecule has 0 bridgehead atoms. The molecular formula is C26H19F2N3O2. The number of aromatic nitrogens is 1. The standard InChI is InChI=1S/C26H19F2N3O2/c27-22-8-3-7-21(24(22)28)25(32)29-19-12-10-17(11-13-19)26(33)31-16-20-6-4-14-30(20)15-18-5-1-2-9-23(18)31/h1-14H,15-16H2,(H,29,32). The number of nitrogens with one attached hydrogen (secondary N) is 1. The Morgan fingerprint density at radius 2 is 1.61 bits per heavy atom. The van der Waals surface area contributed by atoms with Crippen LogP contribution in [0.3, 0.4) is 0 Å². The number of para-hydroxylation sites is 1. The van der Waals surface area contributed by atoms with E-state index in [1.165, 1.54) is 12.1 Å². The van der Waals surface area contributed by atoms with Crippen molar-refractivity contribution in [1.82, 2.24) is 4.57 Å². The lowest BCUT2D eigenvalue weighted by molar-refractivity contribution is 0.0983. The molecule has 2 heterocycles. The number of fused-ring (bicyclic) bond motifs is 2. The summed E-state index contributed by atoms with van der Waals surface area (Å²) >= 11 is 0. The van der Waals surface area contributed by atoms with Crippen LogP contribution in [0.15, 0.2) is 85.1 Å². The normalized spacial score (nSPS) is 12.5. The van der Waals surface area contributed by atoms with Gasteiger partial charge in [0.1, 0.15) is 0 Å². The third kappa shape index (κ3) is 3.89. The Morgan fingerprint density at radius 3 is 2.42 bits per heavy atom. The lowest BCUT2D eigenvalue weighted by atomic mass is 10.1. The molecule has 0 fully saturated rings. The highest BCUT2D eigenvalue weighted by Gasteiger charge is 2.24. The fraction of sp³-hybridized carbons (Fsp3) is 0.0769. The van der Waals surface area contributed by atoms with Crippen LogP contribution in [0.25, 0.3) is 0 Å². The molecule has 33 heavy (non-hydrogen) atoms. The van der Waals surface area contributed by atoms with Crippen molar-refractivity contribution in [1.29, 1.82) is 0 Å². The van der Waals surface area contributed by atoms with Crippen LogP contribution in [-0.2, 0) is 13.1 Å². The average Bonchev–Trinajstić information content (AvgIpc) is 3.20. The topological polar surface area (TPSA) is 54.3 Å². The predicted octanol–water partition coefficient (Wildman–Crippen LogP) is 5.23. The van der Waals surface area contributed by atoms with Gasteiger partial charge >= 0.3 is 0 Å². The third-order valence-electron chi connectivity index (χ3n) is 5.70. The molecule has 0 saturated carbocycles. The molecule has 1 aliphatic rings. The van der Waals surface area contributed by atoms with Gasteiger partial charge in [0.05, 0.1) is 12.1 Å². The van der Waals surface area contributed by atoms with Crippen LogP contribution in [0.2, 0.25) is 0 Å². The molecule has 5 rings (SSSR count). The number of hydrogen-bond donors (Lipinski definition) is 1. The first-order valence-electron chi connectivity index (χ1n) is 10.4. The van der Waals surface area contributed by atoms with Crippen molar-refractivity contribution in [3.8, 4) is 0 Å². The summed E-state index contributed by atoms with van der Waals surface area (Å²) in [6.45, 7) is 1.12. The number of nitrogens with zero attached hydrogens (tertiary/aromatic N) is 2. The molecule has 2 amide bonds. The van der Waals surface area contributed by atoms with Crippen LogP contribution < -0.4 is 10.2 Å². The number of carbonyl (C=O) groups excluding carboxylic acids is 2. The smallest absolute Gasteiger partial charge is 0.258 e. The number of rotatable bonds is 3. The molecule has 0 radical (unpaired) electrons. The van der Waals surface area contributed by atoms with Crippen molar-refractivity contribution < 1.29 is 18.4 Å². The SMILES string of the molecule is O=C(Nc1ccc(C(=O)N2Cc3cccn3Cc3ccccc32)cc1)c1cccc(F)c1F. The van der Waals surface area contributed by atoms with Crippen molar-refractivity contribution in [3.05, 3.63) is 119 Å². The van der Waals surface area contributed by atoms with Gasteiger partial charge in [-0.15, -0.1) is 0 Å². The number of hydrogen-bond acceptors (Lipinski definition) is 2. The van der Waals surface area contributed by atoms with Gasteiger partial charge in [-0.25, -0.2) is 8.78 Å². The van der Waals surface area contributed by atoms with E-state index in [0.717, 1.165) is 23.0 Å². The van der Waals surface area contributed by atoms with Crippen LogP contribution in [0.1, 0.15) is 32.0 Å². The van der Waals surface area contributed by atoms with Gasteiger partial charge in [0.25, 0.3) is 11.8 Å². The number of carbonyl (C=O) groups is 2. The third-order valence-corrected chi connectivity index (χ3v) is 5.70. The number of halogens is 2. The second kappa shape index (κ2) is 8.35. The highest BCUT2D eigenvalue weighted by Crippen LogP contribution is 2.29. The van der Waals surface area contributed by atoms with Crippen molar-refractivity contribution in [3.63, 3.8) is 0 Å². The fourth-order valence-corrected chi connectivity index (χ4v) is 4.00. The molecule has 5 nitrogen and oxygen atoms in total. The zero-order valence-corrected chi connectivity index (χ0v) is 17.5. The summed E-state index contributed by atoms with van der Waals surface area (Å²) in [6.07, 6.45) is 2.00. The first-order chi connectivity index (χ1) is 16.0. The van der Waals surface area contributed by atoms with Crippen molar-refractivity contribution >= 4 is 23.2 Å². The van der Waals surface area contributed by atoms with E-state index in [9.17, 15) is 18.4 Å². The zero-order chi connectivity index (χ0) is 22.9. The van der Waals surface area contributed by atoms with Crippen molar-refractivity contribution in [2.45, 2.75) is 13.1 Å². The largest absolute Gasteiger partial charge is 0.345 e. The zero-order valence-electron chi connectivity index (χ0n) is 17.5. The first kappa shape index (κ1) is 20.6. The van der Waals surface area contributed by atoms with Crippen LogP contribution in [-0.4, -0.2) is 16.4 Å². The quantitative estimate of drug-likeness (QED) is 0.472. The number of anilines is 2. The van der Waals surface area contributed by atoms with E-state index in [2.05, 4.69) is 9.88 Å². The van der Waals surface area contributed by atoms with Crippen LogP contribution in [0, 0.1) is 11.6 Å².